The van der Waals surface area contributed by atoms with Crippen LogP contribution in [0.2, 0.25) is 0 Å². The minimum absolute atomic E-state index is 0.261. The van der Waals surface area contributed by atoms with Gasteiger partial charge in [0.25, 0.3) is 0 Å². The summed E-state index contributed by atoms with van der Waals surface area (Å²) in [5, 5.41) is 3.20. The lowest BCUT2D eigenvalue weighted by Gasteiger charge is -2.41. The zero-order valence-electron chi connectivity index (χ0n) is 11.8. The van der Waals surface area contributed by atoms with Gasteiger partial charge >= 0.3 is 0 Å². The molecule has 4 nitrogen and oxygen atoms in total. The van der Waals surface area contributed by atoms with Crippen LogP contribution < -0.4 is 10.0 Å². The molecular weight excluding hydrogens is 248 g/mol. The monoisotopic (exact) mass is 276 g/mol. The number of rotatable bonds is 10. The summed E-state index contributed by atoms with van der Waals surface area (Å²) in [7, 11) is -3.07. The van der Waals surface area contributed by atoms with Gasteiger partial charge in [0.05, 0.1) is 5.75 Å². The van der Waals surface area contributed by atoms with Gasteiger partial charge in [0.2, 0.25) is 10.0 Å². The van der Waals surface area contributed by atoms with E-state index in [-0.39, 0.29) is 11.2 Å². The van der Waals surface area contributed by atoms with E-state index in [2.05, 4.69) is 23.9 Å². The molecule has 0 spiro atoms. The van der Waals surface area contributed by atoms with Crippen molar-refractivity contribution in [2.75, 3.05) is 25.4 Å². The Hall–Kier alpha value is -0.130. The van der Waals surface area contributed by atoms with Gasteiger partial charge in [-0.2, -0.15) is 0 Å². The normalized spacial score (nSPS) is 18.6. The topological polar surface area (TPSA) is 58.2 Å². The lowest BCUT2D eigenvalue weighted by Crippen LogP contribution is -2.42. The molecule has 0 bridgehead atoms. The van der Waals surface area contributed by atoms with Crippen LogP contribution in [0.3, 0.4) is 0 Å². The predicted molar refractivity (Wildman–Crippen MR) is 76.1 cm³/mol. The van der Waals surface area contributed by atoms with Gasteiger partial charge < -0.3 is 5.32 Å². The van der Waals surface area contributed by atoms with E-state index in [0.29, 0.717) is 6.54 Å². The average molecular weight is 276 g/mol. The smallest absolute Gasteiger partial charge is 0.211 e. The van der Waals surface area contributed by atoms with Gasteiger partial charge in [-0.25, -0.2) is 13.1 Å². The molecule has 1 fully saturated rings. The van der Waals surface area contributed by atoms with Gasteiger partial charge in [-0.15, -0.1) is 0 Å². The fourth-order valence-electron chi connectivity index (χ4n) is 2.39. The molecule has 18 heavy (non-hydrogen) atoms. The molecule has 0 amide bonds. The molecule has 0 unspecified atom stereocenters. The summed E-state index contributed by atoms with van der Waals surface area (Å²) in [6.45, 7) is 6.71. The second-order valence-corrected chi connectivity index (χ2v) is 7.33. The minimum Gasteiger partial charge on any atom is -0.317 e. The molecule has 1 rings (SSSR count). The van der Waals surface area contributed by atoms with Gasteiger partial charge in [0, 0.05) is 6.54 Å². The molecule has 0 aromatic carbocycles. The quantitative estimate of drug-likeness (QED) is 0.599. The van der Waals surface area contributed by atoms with Crippen LogP contribution in [-0.2, 0) is 10.0 Å². The Bertz CT molecular complexity index is 318. The first-order valence-corrected chi connectivity index (χ1v) is 8.87. The van der Waals surface area contributed by atoms with Gasteiger partial charge in [-0.05, 0) is 50.6 Å². The Labute approximate surface area is 112 Å². The Morgan fingerprint density at radius 1 is 1.17 bits per heavy atom. The first-order chi connectivity index (χ1) is 8.54. The molecule has 1 aliphatic rings. The molecule has 0 heterocycles. The Balaban J connectivity index is 2.19. The second kappa shape index (κ2) is 7.46. The molecule has 0 aromatic heterocycles. The summed E-state index contributed by atoms with van der Waals surface area (Å²) in [6.07, 6.45) is 6.34. The van der Waals surface area contributed by atoms with Crippen molar-refractivity contribution in [2.24, 2.45) is 5.41 Å². The summed E-state index contributed by atoms with van der Waals surface area (Å²) in [5.74, 6) is 0.262. The first kappa shape index (κ1) is 15.9. The van der Waals surface area contributed by atoms with E-state index >= 15 is 0 Å². The highest BCUT2D eigenvalue weighted by molar-refractivity contribution is 7.89. The van der Waals surface area contributed by atoms with Crippen molar-refractivity contribution < 1.29 is 8.42 Å². The van der Waals surface area contributed by atoms with E-state index in [1.165, 1.54) is 19.3 Å². The molecule has 5 heteroatoms. The van der Waals surface area contributed by atoms with E-state index in [0.717, 1.165) is 32.4 Å². The maximum Gasteiger partial charge on any atom is 0.211 e. The van der Waals surface area contributed by atoms with Crippen molar-refractivity contribution in [1.82, 2.24) is 10.0 Å². The van der Waals surface area contributed by atoms with Gasteiger partial charge in [0.15, 0.2) is 0 Å². The fraction of sp³-hybridized carbons (Fsp3) is 1.00. The number of nitrogens with one attached hydrogen (secondary N) is 2. The number of unbranched alkanes of at least 4 members (excludes halogenated alkanes) is 1. The van der Waals surface area contributed by atoms with Crippen LogP contribution in [0.1, 0.15) is 52.4 Å². The molecule has 108 valence electrons. The highest BCUT2D eigenvalue weighted by Gasteiger charge is 2.35. The lowest BCUT2D eigenvalue weighted by molar-refractivity contribution is 0.133. The van der Waals surface area contributed by atoms with Crippen LogP contribution in [-0.4, -0.2) is 33.8 Å². The third-order valence-electron chi connectivity index (χ3n) is 4.10. The molecule has 0 aromatic rings. The Morgan fingerprint density at radius 2 is 1.89 bits per heavy atom. The van der Waals surface area contributed by atoms with E-state index in [1.54, 1.807) is 0 Å². The molecular formula is C13H28N2O2S. The Morgan fingerprint density at radius 3 is 2.39 bits per heavy atom. The average Bonchev–Trinajstić information content (AvgIpc) is 2.28. The van der Waals surface area contributed by atoms with Gasteiger partial charge in [-0.1, -0.05) is 20.3 Å². The van der Waals surface area contributed by atoms with Gasteiger partial charge in [0.1, 0.15) is 0 Å². The van der Waals surface area contributed by atoms with Crippen LogP contribution in [0, 0.1) is 5.41 Å². The summed E-state index contributed by atoms with van der Waals surface area (Å²) in [6, 6.07) is 0. The van der Waals surface area contributed by atoms with E-state index in [1.807, 2.05) is 0 Å². The zero-order chi connectivity index (χ0) is 13.5. The van der Waals surface area contributed by atoms with Crippen molar-refractivity contribution in [3.05, 3.63) is 0 Å². The summed E-state index contributed by atoms with van der Waals surface area (Å²) in [5.41, 5.74) is 0.261. The van der Waals surface area contributed by atoms with E-state index in [9.17, 15) is 8.42 Å². The van der Waals surface area contributed by atoms with Crippen molar-refractivity contribution in [3.63, 3.8) is 0 Å². The molecule has 0 radical (unpaired) electrons. The van der Waals surface area contributed by atoms with E-state index in [4.69, 9.17) is 0 Å². The number of sulfonamides is 1. The number of hydrogen-bond donors (Lipinski definition) is 2. The third kappa shape index (κ3) is 5.24. The van der Waals surface area contributed by atoms with Crippen molar-refractivity contribution in [2.45, 2.75) is 52.4 Å². The highest BCUT2D eigenvalue weighted by atomic mass is 32.2. The SMILES string of the molecule is CCNCCCCS(=O)(=O)NCC1(CC)CCC1. The van der Waals surface area contributed by atoms with Crippen molar-refractivity contribution in [1.29, 1.82) is 0 Å². The summed E-state index contributed by atoms with van der Waals surface area (Å²) in [4.78, 5) is 0. The first-order valence-electron chi connectivity index (χ1n) is 7.22. The van der Waals surface area contributed by atoms with E-state index < -0.39 is 10.0 Å². The molecule has 1 saturated carbocycles. The van der Waals surface area contributed by atoms with Crippen LogP contribution in [0.4, 0.5) is 0 Å². The third-order valence-corrected chi connectivity index (χ3v) is 5.51. The van der Waals surface area contributed by atoms with Gasteiger partial charge in [-0.3, -0.25) is 0 Å². The Kier molecular flexibility index (Phi) is 6.60. The highest BCUT2D eigenvalue weighted by Crippen LogP contribution is 2.43. The molecule has 0 saturated heterocycles. The predicted octanol–water partition coefficient (Wildman–Crippen LogP) is 1.88. The molecule has 1 aliphatic carbocycles. The largest absolute Gasteiger partial charge is 0.317 e. The van der Waals surface area contributed by atoms with Crippen molar-refractivity contribution >= 4 is 10.0 Å². The lowest BCUT2D eigenvalue weighted by atomic mass is 9.67. The van der Waals surface area contributed by atoms with Crippen LogP contribution >= 0.6 is 0 Å². The minimum atomic E-state index is -3.07. The summed E-state index contributed by atoms with van der Waals surface area (Å²) >= 11 is 0. The molecule has 0 atom stereocenters. The fourth-order valence-corrected chi connectivity index (χ4v) is 3.64. The second-order valence-electron chi connectivity index (χ2n) is 5.41. The number of hydrogen-bond acceptors (Lipinski definition) is 3. The van der Waals surface area contributed by atoms with Crippen LogP contribution in [0.5, 0.6) is 0 Å². The molecule has 2 N–H and O–H groups in total. The zero-order valence-corrected chi connectivity index (χ0v) is 12.6. The summed E-state index contributed by atoms with van der Waals surface area (Å²) < 4.78 is 26.5. The molecule has 0 aliphatic heterocycles. The maximum absolute atomic E-state index is 11.8. The van der Waals surface area contributed by atoms with Crippen LogP contribution in [0.25, 0.3) is 0 Å². The van der Waals surface area contributed by atoms with Crippen molar-refractivity contribution in [3.8, 4) is 0 Å². The maximum atomic E-state index is 11.8. The standard InChI is InChI=1S/C13H28N2O2S/c1-3-13(8-7-9-13)12-15-18(16,17)11-6-5-10-14-4-2/h14-15H,3-12H2,1-2H3. The van der Waals surface area contributed by atoms with Crippen LogP contribution in [0.15, 0.2) is 0 Å².